The first-order valence-corrected chi connectivity index (χ1v) is 11.1. The highest BCUT2D eigenvalue weighted by Crippen LogP contribution is 2.44. The molecule has 0 radical (unpaired) electrons. The molecule has 0 unspecified atom stereocenters. The van der Waals surface area contributed by atoms with Crippen LogP contribution in [0.3, 0.4) is 0 Å². The van der Waals surface area contributed by atoms with Crippen molar-refractivity contribution in [3.63, 3.8) is 0 Å². The average Bonchev–Trinajstić information content (AvgIpc) is 2.79. The molecule has 0 aromatic heterocycles. The van der Waals surface area contributed by atoms with Crippen molar-refractivity contribution in [3.8, 4) is 23.3 Å². The first-order chi connectivity index (χ1) is 16.9. The zero-order valence-electron chi connectivity index (χ0n) is 18.2. The molecule has 0 atom stereocenters. The summed E-state index contributed by atoms with van der Waals surface area (Å²) in [4.78, 5) is 10.4. The largest absolute Gasteiger partial charge is 0.490 e. The standard InChI is InChI=1S/C24H14Cl3F3N2O4/c1-2-35-22-9-13(7-14(12-31)17-5-4-16(25)11-18(17)26)8-19(27)23(22)36-21-6-3-15(24(28,29)30)10-20(21)32(33)34/h3-11H,2H2,1H3/b14-7+. The Hall–Kier alpha value is -3.45. The molecule has 0 saturated heterocycles. The molecule has 3 aromatic rings. The van der Waals surface area contributed by atoms with Crippen molar-refractivity contribution in [1.29, 1.82) is 5.26 Å². The summed E-state index contributed by atoms with van der Waals surface area (Å²) in [6.07, 6.45) is -3.30. The lowest BCUT2D eigenvalue weighted by molar-refractivity contribution is -0.385. The van der Waals surface area contributed by atoms with Gasteiger partial charge in [-0.2, -0.15) is 18.4 Å². The number of rotatable bonds is 7. The lowest BCUT2D eigenvalue weighted by Gasteiger charge is -2.15. The summed E-state index contributed by atoms with van der Waals surface area (Å²) in [7, 11) is 0. The maximum atomic E-state index is 13.0. The Bertz CT molecular complexity index is 1400. The molecule has 0 bridgehead atoms. The zero-order chi connectivity index (χ0) is 26.6. The summed E-state index contributed by atoms with van der Waals surface area (Å²) in [6, 6.07) is 11.4. The molecule has 0 amide bonds. The van der Waals surface area contributed by atoms with Crippen molar-refractivity contribution in [3.05, 3.63) is 90.4 Å². The second-order valence-electron chi connectivity index (χ2n) is 7.10. The fourth-order valence-corrected chi connectivity index (χ4v) is 3.88. The van der Waals surface area contributed by atoms with Gasteiger partial charge in [-0.05, 0) is 55.0 Å². The fourth-order valence-electron chi connectivity index (χ4n) is 3.11. The summed E-state index contributed by atoms with van der Waals surface area (Å²) in [5.41, 5.74) is -1.11. The molecule has 0 saturated carbocycles. The van der Waals surface area contributed by atoms with Crippen molar-refractivity contribution >= 4 is 52.1 Å². The number of allylic oxidation sites excluding steroid dienone is 1. The van der Waals surface area contributed by atoms with E-state index in [1.165, 1.54) is 24.3 Å². The van der Waals surface area contributed by atoms with E-state index in [0.717, 1.165) is 6.07 Å². The van der Waals surface area contributed by atoms with Gasteiger partial charge in [0, 0.05) is 16.7 Å². The second kappa shape index (κ2) is 11.1. The van der Waals surface area contributed by atoms with Crippen LogP contribution in [0.15, 0.2) is 48.5 Å². The quantitative estimate of drug-likeness (QED) is 0.125. The molecule has 0 fully saturated rings. The normalized spacial score (nSPS) is 11.7. The smallest absolute Gasteiger partial charge is 0.416 e. The number of nitro groups is 1. The Morgan fingerprint density at radius 2 is 1.81 bits per heavy atom. The van der Waals surface area contributed by atoms with Gasteiger partial charge in [-0.25, -0.2) is 0 Å². The Labute approximate surface area is 218 Å². The van der Waals surface area contributed by atoms with Crippen LogP contribution >= 0.6 is 34.8 Å². The highest BCUT2D eigenvalue weighted by Gasteiger charge is 2.33. The van der Waals surface area contributed by atoms with Gasteiger partial charge in [0.15, 0.2) is 11.5 Å². The molecular formula is C24H14Cl3F3N2O4. The highest BCUT2D eigenvalue weighted by molar-refractivity contribution is 6.36. The van der Waals surface area contributed by atoms with E-state index >= 15 is 0 Å². The van der Waals surface area contributed by atoms with Crippen molar-refractivity contribution in [2.45, 2.75) is 13.1 Å². The van der Waals surface area contributed by atoms with Crippen molar-refractivity contribution < 1.29 is 27.6 Å². The second-order valence-corrected chi connectivity index (χ2v) is 8.35. The Morgan fingerprint density at radius 3 is 2.39 bits per heavy atom. The SMILES string of the molecule is CCOc1cc(/C=C(\C#N)c2ccc(Cl)cc2Cl)cc(Cl)c1Oc1ccc(C(F)(F)F)cc1[N+](=O)[O-]. The molecule has 12 heteroatoms. The predicted molar refractivity (Wildman–Crippen MR) is 131 cm³/mol. The molecule has 0 aliphatic carbocycles. The van der Waals surface area contributed by atoms with Gasteiger partial charge in [0.05, 0.1) is 38.8 Å². The van der Waals surface area contributed by atoms with Gasteiger partial charge in [0.1, 0.15) is 0 Å². The minimum atomic E-state index is -4.78. The minimum absolute atomic E-state index is 0.0462. The lowest BCUT2D eigenvalue weighted by Crippen LogP contribution is -2.06. The number of alkyl halides is 3. The topological polar surface area (TPSA) is 85.4 Å². The van der Waals surface area contributed by atoms with E-state index in [2.05, 4.69) is 0 Å². The number of nitriles is 1. The van der Waals surface area contributed by atoms with E-state index < -0.39 is 28.1 Å². The van der Waals surface area contributed by atoms with E-state index in [1.54, 1.807) is 19.1 Å². The van der Waals surface area contributed by atoms with Crippen LogP contribution in [0.4, 0.5) is 18.9 Å². The third-order valence-corrected chi connectivity index (χ3v) is 5.51. The zero-order valence-corrected chi connectivity index (χ0v) is 20.5. The number of ether oxygens (including phenoxy) is 2. The van der Waals surface area contributed by atoms with Crippen LogP contribution in [0.5, 0.6) is 17.2 Å². The molecule has 3 rings (SSSR count). The van der Waals surface area contributed by atoms with Crippen LogP contribution in [0, 0.1) is 21.4 Å². The van der Waals surface area contributed by atoms with E-state index in [0.29, 0.717) is 28.3 Å². The molecule has 0 spiro atoms. The molecule has 0 heterocycles. The van der Waals surface area contributed by atoms with Gasteiger partial charge < -0.3 is 9.47 Å². The lowest BCUT2D eigenvalue weighted by atomic mass is 10.0. The first-order valence-electron chi connectivity index (χ1n) is 10.0. The van der Waals surface area contributed by atoms with E-state index in [9.17, 15) is 28.5 Å². The van der Waals surface area contributed by atoms with Gasteiger partial charge in [-0.3, -0.25) is 10.1 Å². The Balaban J connectivity index is 2.08. The average molecular weight is 558 g/mol. The molecule has 36 heavy (non-hydrogen) atoms. The summed E-state index contributed by atoms with van der Waals surface area (Å²) < 4.78 is 50.2. The van der Waals surface area contributed by atoms with Gasteiger partial charge >= 0.3 is 11.9 Å². The van der Waals surface area contributed by atoms with E-state index in [4.69, 9.17) is 44.3 Å². The van der Waals surface area contributed by atoms with Crippen LogP contribution in [0.2, 0.25) is 15.1 Å². The summed E-state index contributed by atoms with van der Waals surface area (Å²) in [5.74, 6) is -0.573. The number of benzene rings is 3. The van der Waals surface area contributed by atoms with Gasteiger partial charge in [0.25, 0.3) is 0 Å². The molecule has 0 N–H and O–H groups in total. The number of halogens is 6. The molecule has 0 aliphatic rings. The Morgan fingerprint density at radius 1 is 1.08 bits per heavy atom. The van der Waals surface area contributed by atoms with Crippen LogP contribution < -0.4 is 9.47 Å². The first kappa shape index (κ1) is 27.1. The van der Waals surface area contributed by atoms with Gasteiger partial charge in [0.2, 0.25) is 5.75 Å². The number of hydrogen-bond acceptors (Lipinski definition) is 5. The van der Waals surface area contributed by atoms with Crippen LogP contribution in [0.25, 0.3) is 11.6 Å². The fraction of sp³-hybridized carbons (Fsp3) is 0.125. The van der Waals surface area contributed by atoms with Crippen molar-refractivity contribution in [2.75, 3.05) is 6.61 Å². The highest BCUT2D eigenvalue weighted by atomic mass is 35.5. The molecule has 3 aromatic carbocycles. The maximum Gasteiger partial charge on any atom is 0.416 e. The van der Waals surface area contributed by atoms with E-state index in [-0.39, 0.29) is 33.7 Å². The van der Waals surface area contributed by atoms with Crippen LogP contribution in [-0.4, -0.2) is 11.5 Å². The minimum Gasteiger partial charge on any atom is -0.490 e. The predicted octanol–water partition coefficient (Wildman–Crippen LogP) is 8.83. The van der Waals surface area contributed by atoms with Crippen LogP contribution in [0.1, 0.15) is 23.6 Å². The maximum absolute atomic E-state index is 13.0. The number of nitro benzene ring substituents is 1. The third-order valence-electron chi connectivity index (χ3n) is 4.68. The molecular weight excluding hydrogens is 544 g/mol. The third kappa shape index (κ3) is 6.21. The van der Waals surface area contributed by atoms with Crippen LogP contribution in [-0.2, 0) is 6.18 Å². The number of nitrogens with zero attached hydrogens (tertiary/aromatic N) is 2. The molecule has 6 nitrogen and oxygen atoms in total. The summed E-state index contributed by atoms with van der Waals surface area (Å²) in [6.45, 7) is 1.80. The molecule has 186 valence electrons. The molecule has 0 aliphatic heterocycles. The van der Waals surface area contributed by atoms with Gasteiger partial charge in [-0.15, -0.1) is 0 Å². The van der Waals surface area contributed by atoms with Crippen molar-refractivity contribution in [2.24, 2.45) is 0 Å². The van der Waals surface area contributed by atoms with Gasteiger partial charge in [-0.1, -0.05) is 40.9 Å². The summed E-state index contributed by atoms with van der Waals surface area (Å²) in [5, 5.41) is 21.6. The van der Waals surface area contributed by atoms with Crippen molar-refractivity contribution in [1.82, 2.24) is 0 Å². The monoisotopic (exact) mass is 556 g/mol. The summed E-state index contributed by atoms with van der Waals surface area (Å²) >= 11 is 18.5. The Kier molecular flexibility index (Phi) is 8.35. The number of hydrogen-bond donors (Lipinski definition) is 0. The van der Waals surface area contributed by atoms with E-state index in [1.807, 2.05) is 6.07 Å².